The Bertz CT molecular complexity index is 550. The molecule has 0 aliphatic rings. The number of hydrogen-bond acceptors (Lipinski definition) is 3. The van der Waals surface area contributed by atoms with Crippen LogP contribution in [0.25, 0.3) is 0 Å². The van der Waals surface area contributed by atoms with E-state index in [1.807, 2.05) is 0 Å². The summed E-state index contributed by atoms with van der Waals surface area (Å²) in [4.78, 5) is 26.3. The van der Waals surface area contributed by atoms with Gasteiger partial charge in [0.2, 0.25) is 11.8 Å². The fourth-order valence-corrected chi connectivity index (χ4v) is 2.83. The van der Waals surface area contributed by atoms with Gasteiger partial charge in [0, 0.05) is 30.7 Å². The number of rotatable bonds is 9. The molecular formula is C17H21FN2O2S. The van der Waals surface area contributed by atoms with Gasteiger partial charge >= 0.3 is 0 Å². The van der Waals surface area contributed by atoms with E-state index in [0.717, 1.165) is 4.90 Å². The number of nitrogens with one attached hydrogen (secondary N) is 1. The summed E-state index contributed by atoms with van der Waals surface area (Å²) in [6.07, 6.45) is 3.25. The molecule has 1 aromatic carbocycles. The predicted molar refractivity (Wildman–Crippen MR) is 91.7 cm³/mol. The highest BCUT2D eigenvalue weighted by Crippen LogP contribution is 2.19. The highest BCUT2D eigenvalue weighted by Gasteiger charge is 2.24. The molecule has 0 spiro atoms. The maximum atomic E-state index is 12.9. The van der Waals surface area contributed by atoms with Crippen LogP contribution in [-0.4, -0.2) is 41.6 Å². The van der Waals surface area contributed by atoms with Crippen molar-refractivity contribution in [2.24, 2.45) is 0 Å². The lowest BCUT2D eigenvalue weighted by atomic mass is 10.2. The van der Waals surface area contributed by atoms with Gasteiger partial charge in [-0.05, 0) is 24.3 Å². The van der Waals surface area contributed by atoms with Crippen molar-refractivity contribution >= 4 is 23.6 Å². The van der Waals surface area contributed by atoms with Crippen molar-refractivity contribution in [2.75, 3.05) is 18.8 Å². The first-order chi connectivity index (χ1) is 11.0. The van der Waals surface area contributed by atoms with Crippen LogP contribution in [0, 0.1) is 5.82 Å². The fourth-order valence-electron chi connectivity index (χ4n) is 1.92. The molecule has 0 saturated carbocycles. The van der Waals surface area contributed by atoms with E-state index in [1.54, 1.807) is 29.2 Å². The maximum Gasteiger partial charge on any atom is 0.246 e. The lowest BCUT2D eigenvalue weighted by molar-refractivity contribution is -0.134. The highest BCUT2D eigenvalue weighted by molar-refractivity contribution is 7.99. The van der Waals surface area contributed by atoms with E-state index in [2.05, 4.69) is 18.5 Å². The van der Waals surface area contributed by atoms with Gasteiger partial charge in [0.1, 0.15) is 11.9 Å². The summed E-state index contributed by atoms with van der Waals surface area (Å²) in [5.41, 5.74) is 0. The first-order valence-electron chi connectivity index (χ1n) is 7.14. The lowest BCUT2D eigenvalue weighted by Crippen LogP contribution is -2.49. The Morgan fingerprint density at radius 2 is 1.83 bits per heavy atom. The molecule has 23 heavy (non-hydrogen) atoms. The first-order valence-corrected chi connectivity index (χ1v) is 8.12. The van der Waals surface area contributed by atoms with E-state index in [4.69, 9.17) is 0 Å². The summed E-state index contributed by atoms with van der Waals surface area (Å²) in [5.74, 6) is -0.434. The van der Waals surface area contributed by atoms with Gasteiger partial charge < -0.3 is 10.2 Å². The first kappa shape index (κ1) is 19.0. The van der Waals surface area contributed by atoms with Crippen molar-refractivity contribution in [3.63, 3.8) is 0 Å². The van der Waals surface area contributed by atoms with Crippen LogP contribution in [0.3, 0.4) is 0 Å². The molecule has 0 bridgehead atoms. The van der Waals surface area contributed by atoms with Crippen molar-refractivity contribution in [3.8, 4) is 0 Å². The van der Waals surface area contributed by atoms with Crippen molar-refractivity contribution in [1.82, 2.24) is 10.2 Å². The molecule has 0 aliphatic heterocycles. The minimum Gasteiger partial charge on any atom is -0.344 e. The van der Waals surface area contributed by atoms with Crippen molar-refractivity contribution in [2.45, 2.75) is 17.9 Å². The van der Waals surface area contributed by atoms with Crippen LogP contribution in [0.2, 0.25) is 0 Å². The molecule has 0 heterocycles. The molecule has 0 fully saturated rings. The summed E-state index contributed by atoms with van der Waals surface area (Å²) < 4.78 is 12.9. The SMILES string of the molecule is C=CCN(CC=C)C(=O)C(CSc1ccc(F)cc1)NC(C)=O. The fraction of sp³-hybridized carbons (Fsp3) is 0.294. The molecule has 124 valence electrons. The standard InChI is InChI=1S/C17H21FN2O2S/c1-4-10-20(11-5-2)17(22)16(19-13(3)21)12-23-15-8-6-14(18)7-9-15/h4-9,16H,1-2,10-12H2,3H3,(H,19,21). The Balaban J connectivity index is 2.78. The number of carbonyl (C=O) groups excluding carboxylic acids is 2. The number of thioether (sulfide) groups is 1. The maximum absolute atomic E-state index is 12.9. The van der Waals surface area contributed by atoms with E-state index in [0.29, 0.717) is 18.8 Å². The summed E-state index contributed by atoms with van der Waals surface area (Å²) in [6, 6.07) is 5.34. The van der Waals surface area contributed by atoms with Gasteiger partial charge in [-0.2, -0.15) is 0 Å². The Kier molecular flexibility index (Phi) is 8.11. The molecule has 0 aromatic heterocycles. The van der Waals surface area contributed by atoms with Gasteiger partial charge in [0.25, 0.3) is 0 Å². The third-order valence-corrected chi connectivity index (χ3v) is 4.02. The molecule has 1 atom stereocenters. The van der Waals surface area contributed by atoms with Crippen molar-refractivity contribution in [1.29, 1.82) is 0 Å². The second-order valence-corrected chi connectivity index (χ2v) is 5.93. The third-order valence-electron chi connectivity index (χ3n) is 2.92. The van der Waals surface area contributed by atoms with Crippen LogP contribution in [0.15, 0.2) is 54.5 Å². The highest BCUT2D eigenvalue weighted by atomic mass is 32.2. The van der Waals surface area contributed by atoms with Gasteiger partial charge in [0.15, 0.2) is 0 Å². The second kappa shape index (κ2) is 9.84. The molecule has 2 amide bonds. The topological polar surface area (TPSA) is 49.4 Å². The number of carbonyl (C=O) groups is 2. The molecule has 0 aliphatic carbocycles. The summed E-state index contributed by atoms with van der Waals surface area (Å²) in [7, 11) is 0. The molecule has 1 rings (SSSR count). The average Bonchev–Trinajstić information content (AvgIpc) is 2.51. The van der Waals surface area contributed by atoms with Crippen LogP contribution >= 0.6 is 11.8 Å². The van der Waals surface area contributed by atoms with E-state index in [1.165, 1.54) is 30.8 Å². The van der Waals surface area contributed by atoms with Crippen molar-refractivity contribution in [3.05, 3.63) is 55.4 Å². The van der Waals surface area contributed by atoms with E-state index < -0.39 is 6.04 Å². The van der Waals surface area contributed by atoms with Crippen LogP contribution in [0.5, 0.6) is 0 Å². The number of benzene rings is 1. The molecular weight excluding hydrogens is 315 g/mol. The minimum atomic E-state index is -0.664. The molecule has 1 aromatic rings. The molecule has 0 radical (unpaired) electrons. The molecule has 0 saturated heterocycles. The molecule has 1 N–H and O–H groups in total. The zero-order valence-electron chi connectivity index (χ0n) is 13.1. The molecule has 4 nitrogen and oxygen atoms in total. The predicted octanol–water partition coefficient (Wildman–Crippen LogP) is 2.62. The Hall–Kier alpha value is -2.08. The van der Waals surface area contributed by atoms with E-state index >= 15 is 0 Å². The number of nitrogens with zero attached hydrogens (tertiary/aromatic N) is 1. The summed E-state index contributed by atoms with van der Waals surface area (Å²) in [6.45, 7) is 9.39. The normalized spacial score (nSPS) is 11.4. The van der Waals surface area contributed by atoms with Crippen LogP contribution in [-0.2, 0) is 9.59 Å². The van der Waals surface area contributed by atoms with E-state index in [-0.39, 0.29) is 17.6 Å². The Labute approximate surface area is 140 Å². The van der Waals surface area contributed by atoms with Gasteiger partial charge in [-0.1, -0.05) is 12.2 Å². The average molecular weight is 336 g/mol. The molecule has 6 heteroatoms. The van der Waals surface area contributed by atoms with Gasteiger partial charge in [-0.3, -0.25) is 9.59 Å². The lowest BCUT2D eigenvalue weighted by Gasteiger charge is -2.25. The number of halogens is 1. The van der Waals surface area contributed by atoms with Gasteiger partial charge in [0.05, 0.1) is 0 Å². The van der Waals surface area contributed by atoms with Gasteiger partial charge in [-0.15, -0.1) is 24.9 Å². The monoisotopic (exact) mass is 336 g/mol. The largest absolute Gasteiger partial charge is 0.344 e. The Morgan fingerprint density at radius 1 is 1.26 bits per heavy atom. The Morgan fingerprint density at radius 3 is 2.30 bits per heavy atom. The minimum absolute atomic E-state index is 0.199. The van der Waals surface area contributed by atoms with Crippen LogP contribution in [0.1, 0.15) is 6.92 Å². The summed E-state index contributed by atoms with van der Waals surface area (Å²) >= 11 is 1.38. The number of hydrogen-bond donors (Lipinski definition) is 1. The zero-order valence-corrected chi connectivity index (χ0v) is 13.9. The zero-order chi connectivity index (χ0) is 17.2. The quantitative estimate of drug-likeness (QED) is 0.557. The van der Waals surface area contributed by atoms with Crippen LogP contribution < -0.4 is 5.32 Å². The van der Waals surface area contributed by atoms with Gasteiger partial charge in [-0.25, -0.2) is 4.39 Å². The van der Waals surface area contributed by atoms with Crippen LogP contribution in [0.4, 0.5) is 4.39 Å². The summed E-state index contributed by atoms with van der Waals surface area (Å²) in [5, 5.41) is 2.66. The second-order valence-electron chi connectivity index (χ2n) is 4.84. The smallest absolute Gasteiger partial charge is 0.246 e. The van der Waals surface area contributed by atoms with E-state index in [9.17, 15) is 14.0 Å². The van der Waals surface area contributed by atoms with Crippen molar-refractivity contribution < 1.29 is 14.0 Å². The molecule has 1 unspecified atom stereocenters. The third kappa shape index (κ3) is 6.69. The number of amides is 2.